The van der Waals surface area contributed by atoms with E-state index in [1.807, 2.05) is 0 Å². The highest BCUT2D eigenvalue weighted by atomic mass is 79.9. The summed E-state index contributed by atoms with van der Waals surface area (Å²) in [6.07, 6.45) is 1.67. The highest BCUT2D eigenvalue weighted by Gasteiger charge is 2.41. The molecule has 0 spiro atoms. The lowest BCUT2D eigenvalue weighted by Gasteiger charge is -2.41. The summed E-state index contributed by atoms with van der Waals surface area (Å²) in [5.74, 6) is 0.879. The van der Waals surface area contributed by atoms with E-state index in [4.69, 9.17) is 0 Å². The molecule has 0 radical (unpaired) electrons. The van der Waals surface area contributed by atoms with E-state index in [0.717, 1.165) is 12.8 Å². The van der Waals surface area contributed by atoms with E-state index in [9.17, 15) is 13.2 Å². The van der Waals surface area contributed by atoms with Gasteiger partial charge in [-0.2, -0.15) is 0 Å². The minimum atomic E-state index is -4.69. The Morgan fingerprint density at radius 1 is 1.30 bits per heavy atom. The van der Waals surface area contributed by atoms with Crippen LogP contribution in [0.5, 0.6) is 5.75 Å². The van der Waals surface area contributed by atoms with Gasteiger partial charge in [0, 0.05) is 16.4 Å². The predicted octanol–water partition coefficient (Wildman–Crippen LogP) is 4.72. The number of anilines is 1. The Hall–Kier alpha value is -1.17. The van der Waals surface area contributed by atoms with E-state index < -0.39 is 6.36 Å². The van der Waals surface area contributed by atoms with Crippen LogP contribution in [0.15, 0.2) is 34.8 Å². The molecular formula is C14H13BrF3NO. The smallest absolute Gasteiger partial charge is 0.404 e. The molecular weight excluding hydrogens is 335 g/mol. The Balaban J connectivity index is 1.77. The number of benzene rings is 1. The predicted molar refractivity (Wildman–Crippen MR) is 73.6 cm³/mol. The second-order valence-corrected chi connectivity index (χ2v) is 6.09. The molecule has 20 heavy (non-hydrogen) atoms. The van der Waals surface area contributed by atoms with Crippen molar-refractivity contribution in [3.05, 3.63) is 34.8 Å². The topological polar surface area (TPSA) is 21.3 Å². The molecule has 108 valence electrons. The summed E-state index contributed by atoms with van der Waals surface area (Å²) in [7, 11) is 0. The quantitative estimate of drug-likeness (QED) is 0.798. The molecule has 0 saturated heterocycles. The van der Waals surface area contributed by atoms with Crippen LogP contribution in [0.2, 0.25) is 0 Å². The summed E-state index contributed by atoms with van der Waals surface area (Å²) < 4.78 is 41.9. The average molecular weight is 348 g/mol. The normalized spacial score (nSPS) is 27.9. The Labute approximate surface area is 123 Å². The number of halogens is 4. The maximum Gasteiger partial charge on any atom is 0.573 e. The highest BCUT2D eigenvalue weighted by molar-refractivity contribution is 9.10. The van der Waals surface area contributed by atoms with Crippen molar-refractivity contribution in [3.8, 4) is 5.75 Å². The summed E-state index contributed by atoms with van der Waals surface area (Å²) in [6, 6.07) is 4.83. The van der Waals surface area contributed by atoms with Crippen molar-refractivity contribution in [1.29, 1.82) is 0 Å². The minimum Gasteiger partial charge on any atom is -0.404 e. The van der Waals surface area contributed by atoms with Crippen molar-refractivity contribution >= 4 is 21.6 Å². The third-order valence-corrected chi connectivity index (χ3v) is 4.37. The van der Waals surface area contributed by atoms with E-state index in [1.165, 1.54) is 6.07 Å². The second-order valence-electron chi connectivity index (χ2n) is 5.18. The van der Waals surface area contributed by atoms with Gasteiger partial charge in [-0.05, 0) is 37.0 Å². The maximum absolute atomic E-state index is 12.4. The molecule has 1 aromatic carbocycles. The van der Waals surface area contributed by atoms with Crippen molar-refractivity contribution in [3.63, 3.8) is 0 Å². The van der Waals surface area contributed by atoms with Crippen LogP contribution in [-0.2, 0) is 0 Å². The fourth-order valence-corrected chi connectivity index (χ4v) is 3.25. The Morgan fingerprint density at radius 3 is 2.80 bits per heavy atom. The first kappa shape index (κ1) is 13.8. The zero-order valence-electron chi connectivity index (χ0n) is 10.5. The van der Waals surface area contributed by atoms with Gasteiger partial charge in [-0.3, -0.25) is 0 Å². The minimum absolute atomic E-state index is 0.190. The third-order valence-electron chi connectivity index (χ3n) is 3.87. The van der Waals surface area contributed by atoms with Crippen LogP contribution in [0.4, 0.5) is 18.9 Å². The first-order valence-corrected chi connectivity index (χ1v) is 7.20. The Kier molecular flexibility index (Phi) is 3.44. The molecule has 6 heteroatoms. The van der Waals surface area contributed by atoms with Crippen LogP contribution in [-0.4, -0.2) is 12.4 Å². The molecule has 2 aliphatic carbocycles. The standard InChI is InChI=1S/C14H13BrF3NO/c15-9-4-5-11(13(7-9)20-14(16,17)18)19-12-6-8-2-1-3-10(8)12/h1,3-5,7-8,10,12,19H,2,6H2. The molecule has 3 rings (SSSR count). The highest BCUT2D eigenvalue weighted by Crippen LogP contribution is 2.45. The van der Waals surface area contributed by atoms with Crippen LogP contribution in [0.1, 0.15) is 12.8 Å². The SMILES string of the molecule is FC(F)(F)Oc1cc(Br)ccc1NC1CC2CC=CC21. The molecule has 2 aliphatic rings. The van der Waals surface area contributed by atoms with Gasteiger partial charge in [-0.15, -0.1) is 13.2 Å². The summed E-state index contributed by atoms with van der Waals surface area (Å²) in [6.45, 7) is 0. The number of ether oxygens (including phenoxy) is 1. The molecule has 3 atom stereocenters. The van der Waals surface area contributed by atoms with Crippen molar-refractivity contribution in [1.82, 2.24) is 0 Å². The number of hydrogen-bond acceptors (Lipinski definition) is 2. The molecule has 0 bridgehead atoms. The Bertz CT molecular complexity index is 544. The fraction of sp³-hybridized carbons (Fsp3) is 0.429. The number of fused-ring (bicyclic) bond motifs is 1. The van der Waals surface area contributed by atoms with E-state index >= 15 is 0 Å². The zero-order valence-corrected chi connectivity index (χ0v) is 12.0. The van der Waals surface area contributed by atoms with Gasteiger partial charge in [-0.25, -0.2) is 0 Å². The van der Waals surface area contributed by atoms with Gasteiger partial charge >= 0.3 is 6.36 Å². The van der Waals surface area contributed by atoms with Crippen LogP contribution in [0.3, 0.4) is 0 Å². The van der Waals surface area contributed by atoms with Gasteiger partial charge in [0.15, 0.2) is 5.75 Å². The molecule has 3 unspecified atom stereocenters. The number of rotatable bonds is 3. The molecule has 0 amide bonds. The first-order chi connectivity index (χ1) is 9.42. The zero-order chi connectivity index (χ0) is 14.3. The van der Waals surface area contributed by atoms with Gasteiger partial charge in [0.05, 0.1) is 5.69 Å². The molecule has 0 heterocycles. The summed E-state index contributed by atoms with van der Waals surface area (Å²) in [5.41, 5.74) is 0.384. The van der Waals surface area contributed by atoms with Crippen molar-refractivity contribution in [2.75, 3.05) is 5.32 Å². The Morgan fingerprint density at radius 2 is 2.10 bits per heavy atom. The third kappa shape index (κ3) is 2.80. The molecule has 2 nitrogen and oxygen atoms in total. The molecule has 0 aromatic heterocycles. The maximum atomic E-state index is 12.4. The fourth-order valence-electron chi connectivity index (χ4n) is 2.91. The van der Waals surface area contributed by atoms with Gasteiger partial charge < -0.3 is 10.1 Å². The van der Waals surface area contributed by atoms with Crippen LogP contribution < -0.4 is 10.1 Å². The van der Waals surface area contributed by atoms with E-state index in [-0.39, 0.29) is 11.8 Å². The van der Waals surface area contributed by atoms with E-state index in [0.29, 0.717) is 22.0 Å². The molecule has 1 N–H and O–H groups in total. The van der Waals surface area contributed by atoms with Crippen molar-refractivity contribution in [2.45, 2.75) is 25.2 Å². The van der Waals surface area contributed by atoms with Crippen LogP contribution >= 0.6 is 15.9 Å². The largest absolute Gasteiger partial charge is 0.573 e. The number of hydrogen-bond donors (Lipinski definition) is 1. The average Bonchev–Trinajstić information content (AvgIpc) is 2.67. The summed E-state index contributed by atoms with van der Waals surface area (Å²) in [5, 5.41) is 3.17. The lowest BCUT2D eigenvalue weighted by Crippen LogP contribution is -2.43. The molecule has 1 saturated carbocycles. The molecule has 1 fully saturated rings. The van der Waals surface area contributed by atoms with E-state index in [2.05, 4.69) is 38.1 Å². The van der Waals surface area contributed by atoms with Gasteiger partial charge in [0.1, 0.15) is 0 Å². The lowest BCUT2D eigenvalue weighted by molar-refractivity contribution is -0.274. The summed E-state index contributed by atoms with van der Waals surface area (Å²) in [4.78, 5) is 0. The number of nitrogens with one attached hydrogen (secondary N) is 1. The monoisotopic (exact) mass is 347 g/mol. The number of alkyl halides is 3. The molecule has 1 aromatic rings. The first-order valence-electron chi connectivity index (χ1n) is 6.41. The van der Waals surface area contributed by atoms with Gasteiger partial charge in [0.25, 0.3) is 0 Å². The van der Waals surface area contributed by atoms with Crippen molar-refractivity contribution < 1.29 is 17.9 Å². The van der Waals surface area contributed by atoms with Crippen LogP contribution in [0, 0.1) is 11.8 Å². The van der Waals surface area contributed by atoms with E-state index in [1.54, 1.807) is 12.1 Å². The van der Waals surface area contributed by atoms with Crippen LogP contribution in [0.25, 0.3) is 0 Å². The van der Waals surface area contributed by atoms with Crippen molar-refractivity contribution in [2.24, 2.45) is 11.8 Å². The van der Waals surface area contributed by atoms with Gasteiger partial charge in [0.2, 0.25) is 0 Å². The lowest BCUT2D eigenvalue weighted by atomic mass is 9.71. The molecule has 0 aliphatic heterocycles. The summed E-state index contributed by atoms with van der Waals surface area (Å²) >= 11 is 3.16. The second kappa shape index (κ2) is 4.98. The number of allylic oxidation sites excluding steroid dienone is 1. The van der Waals surface area contributed by atoms with Gasteiger partial charge in [-0.1, -0.05) is 28.1 Å².